The second-order valence-corrected chi connectivity index (χ2v) is 5.74. The second kappa shape index (κ2) is 5.18. The smallest absolute Gasteiger partial charge is 0.164 e. The van der Waals surface area contributed by atoms with Gasteiger partial charge in [0.15, 0.2) is 5.65 Å². The summed E-state index contributed by atoms with van der Waals surface area (Å²) in [4.78, 5) is 11.5. The van der Waals surface area contributed by atoms with E-state index in [2.05, 4.69) is 16.9 Å². The third-order valence-corrected chi connectivity index (χ3v) is 4.35. The van der Waals surface area contributed by atoms with Gasteiger partial charge in [0.25, 0.3) is 0 Å². The standard InChI is InChI=1S/C17H17FN4/c1-21-11-5-9-15(21)17-20-13-7-4-10-19-16(13)22(17)14-8-3-2-6-12(14)18/h2-4,6-8,10,15H,5,9,11H2,1H3. The summed E-state index contributed by atoms with van der Waals surface area (Å²) in [5.74, 6) is 0.619. The molecule has 1 fully saturated rings. The average Bonchev–Trinajstić information content (AvgIpc) is 3.11. The SMILES string of the molecule is CN1CCCC1c1nc2cccnc2n1-c1ccccc1F. The van der Waals surface area contributed by atoms with E-state index in [0.29, 0.717) is 11.3 Å². The maximum absolute atomic E-state index is 14.4. The van der Waals surface area contributed by atoms with Crippen molar-refractivity contribution in [1.82, 2.24) is 19.4 Å². The molecule has 112 valence electrons. The summed E-state index contributed by atoms with van der Waals surface area (Å²) in [7, 11) is 2.09. The lowest BCUT2D eigenvalue weighted by Gasteiger charge is -2.20. The zero-order valence-corrected chi connectivity index (χ0v) is 12.4. The highest BCUT2D eigenvalue weighted by Crippen LogP contribution is 2.33. The van der Waals surface area contributed by atoms with Gasteiger partial charge in [-0.1, -0.05) is 12.1 Å². The van der Waals surface area contributed by atoms with Gasteiger partial charge in [-0.3, -0.25) is 9.47 Å². The van der Waals surface area contributed by atoms with Crippen LogP contribution in [-0.2, 0) is 0 Å². The van der Waals surface area contributed by atoms with Gasteiger partial charge < -0.3 is 0 Å². The van der Waals surface area contributed by atoms with Gasteiger partial charge in [-0.25, -0.2) is 14.4 Å². The summed E-state index contributed by atoms with van der Waals surface area (Å²) in [5.41, 5.74) is 2.03. The van der Waals surface area contributed by atoms with E-state index in [4.69, 9.17) is 4.98 Å². The monoisotopic (exact) mass is 296 g/mol. The van der Waals surface area contributed by atoms with E-state index in [1.165, 1.54) is 6.07 Å². The van der Waals surface area contributed by atoms with Crippen molar-refractivity contribution in [3.05, 3.63) is 54.2 Å². The molecular formula is C17H17FN4. The average molecular weight is 296 g/mol. The molecule has 3 heterocycles. The van der Waals surface area contributed by atoms with E-state index in [1.54, 1.807) is 18.3 Å². The molecular weight excluding hydrogens is 279 g/mol. The van der Waals surface area contributed by atoms with Crippen molar-refractivity contribution in [2.24, 2.45) is 0 Å². The first kappa shape index (κ1) is 13.4. The molecule has 0 spiro atoms. The summed E-state index contributed by atoms with van der Waals surface area (Å²) in [5, 5.41) is 0. The second-order valence-electron chi connectivity index (χ2n) is 5.74. The van der Waals surface area contributed by atoms with E-state index in [-0.39, 0.29) is 11.9 Å². The van der Waals surface area contributed by atoms with E-state index in [0.717, 1.165) is 30.7 Å². The Balaban J connectivity index is 2.00. The van der Waals surface area contributed by atoms with Crippen LogP contribution in [0.4, 0.5) is 4.39 Å². The molecule has 1 unspecified atom stereocenters. The molecule has 22 heavy (non-hydrogen) atoms. The van der Waals surface area contributed by atoms with Crippen molar-refractivity contribution in [3.8, 4) is 5.69 Å². The lowest BCUT2D eigenvalue weighted by molar-refractivity contribution is 0.304. The first-order chi connectivity index (χ1) is 10.8. The molecule has 0 bridgehead atoms. The van der Waals surface area contributed by atoms with Crippen LogP contribution in [0.3, 0.4) is 0 Å². The molecule has 0 N–H and O–H groups in total. The van der Waals surface area contributed by atoms with E-state index >= 15 is 0 Å². The molecule has 3 aromatic rings. The Morgan fingerprint density at radius 2 is 2.05 bits per heavy atom. The molecule has 1 aromatic carbocycles. The quantitative estimate of drug-likeness (QED) is 0.727. The summed E-state index contributed by atoms with van der Waals surface area (Å²) >= 11 is 0. The fourth-order valence-corrected chi connectivity index (χ4v) is 3.26. The topological polar surface area (TPSA) is 34.0 Å². The zero-order valence-electron chi connectivity index (χ0n) is 12.4. The first-order valence-electron chi connectivity index (χ1n) is 7.54. The lowest BCUT2D eigenvalue weighted by atomic mass is 10.2. The van der Waals surface area contributed by atoms with Gasteiger partial charge in [0, 0.05) is 6.20 Å². The fourth-order valence-electron chi connectivity index (χ4n) is 3.26. The van der Waals surface area contributed by atoms with Gasteiger partial charge in [-0.05, 0) is 50.7 Å². The van der Waals surface area contributed by atoms with Crippen LogP contribution < -0.4 is 0 Å². The number of pyridine rings is 1. The molecule has 1 saturated heterocycles. The van der Waals surface area contributed by atoms with Crippen LogP contribution in [0.15, 0.2) is 42.6 Å². The van der Waals surface area contributed by atoms with Crippen molar-refractivity contribution in [2.45, 2.75) is 18.9 Å². The minimum atomic E-state index is -0.255. The third kappa shape index (κ3) is 2.01. The highest BCUT2D eigenvalue weighted by Gasteiger charge is 2.29. The van der Waals surface area contributed by atoms with Crippen LogP contribution in [-0.4, -0.2) is 33.0 Å². The normalized spacial score (nSPS) is 19.1. The van der Waals surface area contributed by atoms with Crippen LogP contribution in [0, 0.1) is 5.82 Å². The summed E-state index contributed by atoms with van der Waals surface area (Å²) in [6, 6.07) is 10.8. The van der Waals surface area contributed by atoms with Crippen LogP contribution in [0.2, 0.25) is 0 Å². The van der Waals surface area contributed by atoms with Gasteiger partial charge >= 0.3 is 0 Å². The third-order valence-electron chi connectivity index (χ3n) is 4.35. The van der Waals surface area contributed by atoms with E-state index < -0.39 is 0 Å². The van der Waals surface area contributed by atoms with Gasteiger partial charge in [-0.15, -0.1) is 0 Å². The first-order valence-corrected chi connectivity index (χ1v) is 7.54. The number of rotatable bonds is 2. The van der Waals surface area contributed by atoms with E-state index in [1.807, 2.05) is 22.8 Å². The van der Waals surface area contributed by atoms with Crippen LogP contribution in [0.25, 0.3) is 16.9 Å². The number of likely N-dealkylation sites (tertiary alicyclic amines) is 1. The summed E-state index contributed by atoms with van der Waals surface area (Å²) < 4.78 is 16.2. The number of hydrogen-bond acceptors (Lipinski definition) is 3. The Bertz CT molecular complexity index is 826. The molecule has 0 radical (unpaired) electrons. The maximum atomic E-state index is 14.4. The molecule has 4 nitrogen and oxygen atoms in total. The van der Waals surface area contributed by atoms with Crippen molar-refractivity contribution in [1.29, 1.82) is 0 Å². The van der Waals surface area contributed by atoms with Gasteiger partial charge in [0.1, 0.15) is 17.2 Å². The van der Waals surface area contributed by atoms with Gasteiger partial charge in [0.05, 0.1) is 11.7 Å². The number of halogens is 1. The Morgan fingerprint density at radius 3 is 2.82 bits per heavy atom. The number of para-hydroxylation sites is 1. The van der Waals surface area contributed by atoms with Crippen molar-refractivity contribution >= 4 is 11.2 Å². The minimum absolute atomic E-state index is 0.203. The lowest BCUT2D eigenvalue weighted by Crippen LogP contribution is -2.21. The highest BCUT2D eigenvalue weighted by molar-refractivity contribution is 5.74. The molecule has 0 aliphatic carbocycles. The molecule has 2 aromatic heterocycles. The van der Waals surface area contributed by atoms with Crippen LogP contribution in [0.1, 0.15) is 24.7 Å². The highest BCUT2D eigenvalue weighted by atomic mass is 19.1. The maximum Gasteiger partial charge on any atom is 0.164 e. The predicted octanol–water partition coefficient (Wildman–Crippen LogP) is 3.33. The number of benzene rings is 1. The molecule has 4 rings (SSSR count). The molecule has 1 atom stereocenters. The number of fused-ring (bicyclic) bond motifs is 1. The number of aromatic nitrogens is 3. The van der Waals surface area contributed by atoms with Gasteiger partial charge in [0.2, 0.25) is 0 Å². The Labute approximate surface area is 128 Å². The van der Waals surface area contributed by atoms with Crippen molar-refractivity contribution in [3.63, 3.8) is 0 Å². The summed E-state index contributed by atoms with van der Waals surface area (Å²) in [6.07, 6.45) is 3.90. The van der Waals surface area contributed by atoms with Gasteiger partial charge in [-0.2, -0.15) is 0 Å². The molecule has 0 amide bonds. The minimum Gasteiger partial charge on any atom is -0.297 e. The molecule has 5 heteroatoms. The number of hydrogen-bond donors (Lipinski definition) is 0. The fraction of sp³-hybridized carbons (Fsp3) is 0.294. The van der Waals surface area contributed by atoms with E-state index in [9.17, 15) is 4.39 Å². The molecule has 0 saturated carbocycles. The number of imidazole rings is 1. The summed E-state index contributed by atoms with van der Waals surface area (Å²) in [6.45, 7) is 1.04. The van der Waals surface area contributed by atoms with Crippen molar-refractivity contribution in [2.75, 3.05) is 13.6 Å². The zero-order chi connectivity index (χ0) is 15.1. The number of nitrogens with zero attached hydrogens (tertiary/aromatic N) is 4. The predicted molar refractivity (Wildman–Crippen MR) is 83.4 cm³/mol. The van der Waals surface area contributed by atoms with Crippen LogP contribution >= 0.6 is 0 Å². The largest absolute Gasteiger partial charge is 0.297 e. The van der Waals surface area contributed by atoms with Crippen LogP contribution in [0.5, 0.6) is 0 Å². The Kier molecular flexibility index (Phi) is 3.15. The molecule has 1 aliphatic heterocycles. The Morgan fingerprint density at radius 1 is 1.18 bits per heavy atom. The molecule has 1 aliphatic rings. The Hall–Kier alpha value is -2.27. The van der Waals surface area contributed by atoms with Crippen molar-refractivity contribution < 1.29 is 4.39 Å².